The molecule has 1 heterocycles. The summed E-state index contributed by atoms with van der Waals surface area (Å²) in [5.74, 6) is 0.469. The fourth-order valence-corrected chi connectivity index (χ4v) is 1.83. The molecular weight excluding hydrogens is 343 g/mol. The number of carbonyl (C=O) groups is 1. The molecular formula is C13H11IN2O2. The molecule has 1 amide bonds. The summed E-state index contributed by atoms with van der Waals surface area (Å²) in [6.07, 6.45) is 1.63. The van der Waals surface area contributed by atoms with Crippen LogP contribution in [0.1, 0.15) is 10.4 Å². The van der Waals surface area contributed by atoms with Crippen LogP contribution in [0.15, 0.2) is 42.6 Å². The summed E-state index contributed by atoms with van der Waals surface area (Å²) in [6, 6.07) is 10.2. The second kappa shape index (κ2) is 5.34. The average Bonchev–Trinajstić information content (AvgIpc) is 2.41. The molecule has 5 heteroatoms. The van der Waals surface area contributed by atoms with E-state index >= 15 is 0 Å². The Labute approximate surface area is 118 Å². The molecule has 0 aliphatic heterocycles. The van der Waals surface area contributed by atoms with Crippen molar-refractivity contribution in [3.63, 3.8) is 0 Å². The van der Waals surface area contributed by atoms with Crippen molar-refractivity contribution in [2.24, 2.45) is 0 Å². The van der Waals surface area contributed by atoms with Gasteiger partial charge in [-0.15, -0.1) is 0 Å². The predicted octanol–water partition coefficient (Wildman–Crippen LogP) is 2.67. The number of aromatic nitrogens is 1. The number of amides is 1. The molecule has 0 aliphatic carbocycles. The Kier molecular flexibility index (Phi) is 3.81. The summed E-state index contributed by atoms with van der Waals surface area (Å²) in [6.45, 7) is 0. The van der Waals surface area contributed by atoms with Crippen LogP contribution in [-0.4, -0.2) is 23.0 Å². The van der Waals surface area contributed by atoms with E-state index in [9.17, 15) is 9.90 Å². The summed E-state index contributed by atoms with van der Waals surface area (Å²) in [5.41, 5.74) is 0.432. The van der Waals surface area contributed by atoms with Gasteiger partial charge in [-0.25, -0.2) is 4.98 Å². The van der Waals surface area contributed by atoms with Gasteiger partial charge in [0.05, 0.1) is 3.57 Å². The second-order valence-electron chi connectivity index (χ2n) is 3.72. The molecule has 0 radical (unpaired) electrons. The zero-order valence-electron chi connectivity index (χ0n) is 9.67. The fourth-order valence-electron chi connectivity index (χ4n) is 1.50. The largest absolute Gasteiger partial charge is 0.507 e. The molecule has 4 nitrogen and oxygen atoms in total. The van der Waals surface area contributed by atoms with E-state index in [2.05, 4.69) is 4.98 Å². The lowest BCUT2D eigenvalue weighted by Crippen LogP contribution is -2.26. The number of nitrogens with zero attached hydrogens (tertiary/aromatic N) is 2. The monoisotopic (exact) mass is 354 g/mol. The van der Waals surface area contributed by atoms with Crippen LogP contribution < -0.4 is 4.90 Å². The number of halogens is 1. The molecule has 0 saturated carbocycles. The molecule has 1 aromatic heterocycles. The lowest BCUT2D eigenvalue weighted by Gasteiger charge is -2.16. The van der Waals surface area contributed by atoms with Crippen molar-refractivity contribution in [2.75, 3.05) is 11.9 Å². The van der Waals surface area contributed by atoms with Crippen molar-refractivity contribution >= 4 is 34.3 Å². The van der Waals surface area contributed by atoms with Gasteiger partial charge in [0.1, 0.15) is 11.6 Å². The minimum Gasteiger partial charge on any atom is -0.507 e. The van der Waals surface area contributed by atoms with Gasteiger partial charge in [-0.1, -0.05) is 6.07 Å². The van der Waals surface area contributed by atoms with Crippen molar-refractivity contribution in [3.05, 3.63) is 51.7 Å². The number of phenols is 1. The Hall–Kier alpha value is -1.63. The van der Waals surface area contributed by atoms with Crippen LogP contribution in [0.4, 0.5) is 5.82 Å². The Balaban J connectivity index is 2.29. The first-order valence-corrected chi connectivity index (χ1v) is 6.35. The molecule has 0 spiro atoms. The number of aromatic hydroxyl groups is 1. The van der Waals surface area contributed by atoms with Crippen molar-refractivity contribution in [1.82, 2.24) is 4.98 Å². The topological polar surface area (TPSA) is 53.4 Å². The molecule has 1 aromatic carbocycles. The predicted molar refractivity (Wildman–Crippen MR) is 77.8 cm³/mol. The number of hydrogen-bond donors (Lipinski definition) is 1. The third-order valence-electron chi connectivity index (χ3n) is 2.49. The Morgan fingerprint density at radius 3 is 2.72 bits per heavy atom. The van der Waals surface area contributed by atoms with Crippen molar-refractivity contribution in [2.45, 2.75) is 0 Å². The maximum Gasteiger partial charge on any atom is 0.259 e. The minimum atomic E-state index is -0.208. The van der Waals surface area contributed by atoms with Crippen LogP contribution >= 0.6 is 22.6 Å². The standard InChI is InChI=1S/C13H11IN2O2/c1-16(12-4-2-3-7-15-12)13(18)9-5-6-10(14)11(17)8-9/h2-8,17H,1H3. The SMILES string of the molecule is CN(C(=O)c1ccc(I)c(O)c1)c1ccccn1. The van der Waals surface area contributed by atoms with E-state index in [4.69, 9.17) is 0 Å². The molecule has 0 fully saturated rings. The first kappa shape index (κ1) is 12.8. The van der Waals surface area contributed by atoms with Crippen LogP contribution in [0, 0.1) is 3.57 Å². The van der Waals surface area contributed by atoms with Crippen LogP contribution in [0.25, 0.3) is 0 Å². The quantitative estimate of drug-likeness (QED) is 0.844. The van der Waals surface area contributed by atoms with Gasteiger partial charge >= 0.3 is 0 Å². The van der Waals surface area contributed by atoms with Gasteiger partial charge < -0.3 is 5.11 Å². The highest BCUT2D eigenvalue weighted by Gasteiger charge is 2.15. The summed E-state index contributed by atoms with van der Waals surface area (Å²) in [4.78, 5) is 17.7. The highest BCUT2D eigenvalue weighted by atomic mass is 127. The first-order valence-electron chi connectivity index (χ1n) is 5.27. The number of phenolic OH excluding ortho intramolecular Hbond substituents is 1. The minimum absolute atomic E-state index is 0.107. The van der Waals surface area contributed by atoms with Gasteiger partial charge in [-0.3, -0.25) is 9.69 Å². The van der Waals surface area contributed by atoms with Crippen LogP contribution in [0.3, 0.4) is 0 Å². The van der Waals surface area contributed by atoms with Crippen molar-refractivity contribution in [3.8, 4) is 5.75 Å². The number of anilines is 1. The third kappa shape index (κ3) is 2.61. The number of pyridine rings is 1. The average molecular weight is 354 g/mol. The van der Waals surface area contributed by atoms with E-state index in [-0.39, 0.29) is 11.7 Å². The van der Waals surface area contributed by atoms with Gasteiger partial charge in [0.15, 0.2) is 0 Å². The lowest BCUT2D eigenvalue weighted by molar-refractivity contribution is 0.0992. The summed E-state index contributed by atoms with van der Waals surface area (Å²) in [7, 11) is 1.65. The number of rotatable bonds is 2. The van der Waals surface area contributed by atoms with E-state index in [1.165, 1.54) is 11.0 Å². The molecule has 2 aromatic rings. The van der Waals surface area contributed by atoms with E-state index < -0.39 is 0 Å². The molecule has 0 saturated heterocycles. The van der Waals surface area contributed by atoms with Crippen LogP contribution in [0.2, 0.25) is 0 Å². The van der Waals surface area contributed by atoms with Gasteiger partial charge in [0.25, 0.3) is 5.91 Å². The molecule has 0 unspecified atom stereocenters. The van der Waals surface area contributed by atoms with Gasteiger partial charge in [0.2, 0.25) is 0 Å². The summed E-state index contributed by atoms with van der Waals surface area (Å²) < 4.78 is 0.713. The zero-order valence-corrected chi connectivity index (χ0v) is 11.8. The molecule has 0 bridgehead atoms. The highest BCUT2D eigenvalue weighted by molar-refractivity contribution is 14.1. The van der Waals surface area contributed by atoms with Crippen LogP contribution in [-0.2, 0) is 0 Å². The maximum atomic E-state index is 12.2. The fraction of sp³-hybridized carbons (Fsp3) is 0.0769. The Morgan fingerprint density at radius 2 is 2.11 bits per heavy atom. The first-order chi connectivity index (χ1) is 8.59. The van der Waals surface area contributed by atoms with E-state index in [1.807, 2.05) is 28.7 Å². The Morgan fingerprint density at radius 1 is 1.33 bits per heavy atom. The molecule has 2 rings (SSSR count). The normalized spacial score (nSPS) is 10.1. The highest BCUT2D eigenvalue weighted by Crippen LogP contribution is 2.22. The molecule has 1 N–H and O–H groups in total. The molecule has 18 heavy (non-hydrogen) atoms. The number of benzene rings is 1. The Bertz CT molecular complexity index is 572. The van der Waals surface area contributed by atoms with Crippen molar-refractivity contribution < 1.29 is 9.90 Å². The summed E-state index contributed by atoms with van der Waals surface area (Å²) >= 11 is 2.01. The van der Waals surface area contributed by atoms with Gasteiger partial charge in [0, 0.05) is 18.8 Å². The third-order valence-corrected chi connectivity index (χ3v) is 3.40. The lowest BCUT2D eigenvalue weighted by atomic mass is 10.2. The molecule has 0 aliphatic rings. The zero-order chi connectivity index (χ0) is 13.1. The van der Waals surface area contributed by atoms with E-state index in [1.54, 1.807) is 37.5 Å². The van der Waals surface area contributed by atoms with Gasteiger partial charge in [-0.2, -0.15) is 0 Å². The summed E-state index contributed by atoms with van der Waals surface area (Å²) in [5, 5.41) is 9.61. The maximum absolute atomic E-state index is 12.2. The van der Waals surface area contributed by atoms with Crippen molar-refractivity contribution in [1.29, 1.82) is 0 Å². The van der Waals surface area contributed by atoms with Crippen LogP contribution in [0.5, 0.6) is 5.75 Å². The second-order valence-corrected chi connectivity index (χ2v) is 4.88. The van der Waals surface area contributed by atoms with E-state index in [0.717, 1.165) is 0 Å². The number of carbonyl (C=O) groups excluding carboxylic acids is 1. The molecule has 0 atom stereocenters. The number of hydrogen-bond acceptors (Lipinski definition) is 3. The van der Waals surface area contributed by atoms with E-state index in [0.29, 0.717) is 15.0 Å². The smallest absolute Gasteiger partial charge is 0.259 e. The van der Waals surface area contributed by atoms with Gasteiger partial charge in [-0.05, 0) is 52.9 Å². The molecule has 92 valence electrons.